The molecule has 13 heavy (non-hydrogen) atoms. The maximum atomic E-state index is 5.85. The fourth-order valence-corrected chi connectivity index (χ4v) is 2.02. The van der Waals surface area contributed by atoms with Gasteiger partial charge < -0.3 is 4.74 Å². The van der Waals surface area contributed by atoms with Crippen molar-refractivity contribution in [3.63, 3.8) is 0 Å². The van der Waals surface area contributed by atoms with Crippen LogP contribution in [-0.4, -0.2) is 17.9 Å². The van der Waals surface area contributed by atoms with Gasteiger partial charge in [0.2, 0.25) is 0 Å². The average Bonchev–Trinajstić information content (AvgIpc) is 2.18. The van der Waals surface area contributed by atoms with E-state index >= 15 is 0 Å². The van der Waals surface area contributed by atoms with Gasteiger partial charge in [0, 0.05) is 5.54 Å². The molecule has 0 spiro atoms. The highest BCUT2D eigenvalue weighted by atomic mass is 16.5. The summed E-state index contributed by atoms with van der Waals surface area (Å²) in [5, 5.41) is 3.67. The van der Waals surface area contributed by atoms with Crippen molar-refractivity contribution < 1.29 is 4.74 Å². The van der Waals surface area contributed by atoms with Gasteiger partial charge in [-0.3, -0.25) is 5.32 Å². The minimum Gasteiger partial charge on any atom is -0.361 e. The van der Waals surface area contributed by atoms with Gasteiger partial charge in [-0.2, -0.15) is 0 Å². The van der Waals surface area contributed by atoms with Gasteiger partial charge in [0.1, 0.15) is 5.72 Å². The molecule has 0 radical (unpaired) electrons. The quantitative estimate of drug-likeness (QED) is 0.730. The summed E-state index contributed by atoms with van der Waals surface area (Å²) in [7, 11) is 0. The predicted molar refractivity (Wildman–Crippen MR) is 55.7 cm³/mol. The van der Waals surface area contributed by atoms with Crippen molar-refractivity contribution in [2.75, 3.05) is 6.61 Å². The molecule has 1 aliphatic heterocycles. The molecule has 1 aliphatic rings. The SMILES string of the molecule is CCC1(C)CCOC(CC)(CC)N1. The van der Waals surface area contributed by atoms with Crippen LogP contribution in [0.25, 0.3) is 0 Å². The molecule has 0 aromatic rings. The van der Waals surface area contributed by atoms with Crippen molar-refractivity contribution in [1.29, 1.82) is 0 Å². The molecule has 0 saturated carbocycles. The zero-order valence-electron chi connectivity index (χ0n) is 9.44. The molecule has 0 bridgehead atoms. The zero-order chi connectivity index (χ0) is 9.95. The summed E-state index contributed by atoms with van der Waals surface area (Å²) in [5.41, 5.74) is 0.229. The summed E-state index contributed by atoms with van der Waals surface area (Å²) in [4.78, 5) is 0. The van der Waals surface area contributed by atoms with E-state index in [1.807, 2.05) is 0 Å². The number of rotatable bonds is 3. The van der Waals surface area contributed by atoms with Crippen molar-refractivity contribution in [2.24, 2.45) is 0 Å². The normalized spacial score (nSPS) is 33.2. The van der Waals surface area contributed by atoms with Crippen molar-refractivity contribution in [2.45, 2.75) is 64.6 Å². The second-order valence-electron chi connectivity index (χ2n) is 4.34. The number of nitrogens with one attached hydrogen (secondary N) is 1. The lowest BCUT2D eigenvalue weighted by molar-refractivity contribution is -0.134. The van der Waals surface area contributed by atoms with Crippen LogP contribution in [0.1, 0.15) is 53.4 Å². The van der Waals surface area contributed by atoms with Gasteiger partial charge in [-0.1, -0.05) is 20.8 Å². The number of hydrogen-bond acceptors (Lipinski definition) is 2. The lowest BCUT2D eigenvalue weighted by Gasteiger charge is -2.47. The van der Waals surface area contributed by atoms with Crippen molar-refractivity contribution in [1.82, 2.24) is 5.32 Å². The van der Waals surface area contributed by atoms with Crippen LogP contribution >= 0.6 is 0 Å². The Morgan fingerprint density at radius 2 is 1.77 bits per heavy atom. The van der Waals surface area contributed by atoms with Gasteiger partial charge in [0.25, 0.3) is 0 Å². The molecule has 1 unspecified atom stereocenters. The van der Waals surface area contributed by atoms with E-state index in [2.05, 4.69) is 33.0 Å². The Hall–Kier alpha value is -0.0800. The fourth-order valence-electron chi connectivity index (χ4n) is 2.02. The first-order chi connectivity index (χ1) is 6.10. The number of hydrogen-bond donors (Lipinski definition) is 1. The molecule has 2 heteroatoms. The molecule has 78 valence electrons. The Bertz CT molecular complexity index is 165. The van der Waals surface area contributed by atoms with Crippen LogP contribution in [0.2, 0.25) is 0 Å². The Labute approximate surface area is 82.0 Å². The summed E-state index contributed by atoms with van der Waals surface area (Å²) < 4.78 is 5.85. The molecule has 1 N–H and O–H groups in total. The van der Waals surface area contributed by atoms with Gasteiger partial charge in [-0.25, -0.2) is 0 Å². The molecule has 0 aromatic heterocycles. The lowest BCUT2D eigenvalue weighted by Crippen LogP contribution is -2.61. The third kappa shape index (κ3) is 2.23. The van der Waals surface area contributed by atoms with Crippen molar-refractivity contribution in [3.8, 4) is 0 Å². The van der Waals surface area contributed by atoms with Gasteiger partial charge in [0.05, 0.1) is 6.61 Å². The molecule has 1 saturated heterocycles. The minimum absolute atomic E-state index is 0.0526. The Kier molecular flexibility index (Phi) is 3.36. The molecule has 0 aliphatic carbocycles. The first-order valence-electron chi connectivity index (χ1n) is 5.53. The topological polar surface area (TPSA) is 21.3 Å². The van der Waals surface area contributed by atoms with Crippen LogP contribution in [0.5, 0.6) is 0 Å². The second-order valence-corrected chi connectivity index (χ2v) is 4.34. The Balaban J connectivity index is 2.69. The van der Waals surface area contributed by atoms with Crippen LogP contribution in [-0.2, 0) is 4.74 Å². The number of ether oxygens (including phenoxy) is 1. The van der Waals surface area contributed by atoms with Gasteiger partial charge in [-0.05, 0) is 32.6 Å². The lowest BCUT2D eigenvalue weighted by atomic mass is 9.89. The summed E-state index contributed by atoms with van der Waals surface area (Å²) in [6, 6.07) is 0. The van der Waals surface area contributed by atoms with Crippen LogP contribution in [0.4, 0.5) is 0 Å². The fraction of sp³-hybridized carbons (Fsp3) is 1.00. The molecule has 1 rings (SSSR count). The van der Waals surface area contributed by atoms with Gasteiger partial charge in [-0.15, -0.1) is 0 Å². The van der Waals surface area contributed by atoms with E-state index in [-0.39, 0.29) is 11.3 Å². The standard InChI is InChI=1S/C11H23NO/c1-5-10(4)8-9-13-11(6-2,7-3)12-10/h12H,5-9H2,1-4H3. The van der Waals surface area contributed by atoms with E-state index in [0.717, 1.165) is 25.9 Å². The van der Waals surface area contributed by atoms with Crippen molar-refractivity contribution in [3.05, 3.63) is 0 Å². The monoisotopic (exact) mass is 185 g/mol. The Morgan fingerprint density at radius 3 is 2.23 bits per heavy atom. The smallest absolute Gasteiger partial charge is 0.119 e. The van der Waals surface area contributed by atoms with Crippen LogP contribution < -0.4 is 5.32 Å². The molecule has 0 aromatic carbocycles. The van der Waals surface area contributed by atoms with Gasteiger partial charge in [0.15, 0.2) is 0 Å². The van der Waals surface area contributed by atoms with E-state index in [9.17, 15) is 0 Å². The molecular weight excluding hydrogens is 162 g/mol. The van der Waals surface area contributed by atoms with E-state index < -0.39 is 0 Å². The highest BCUT2D eigenvalue weighted by Crippen LogP contribution is 2.29. The first-order valence-corrected chi connectivity index (χ1v) is 5.53. The van der Waals surface area contributed by atoms with Crippen LogP contribution in [0, 0.1) is 0 Å². The molecular formula is C11H23NO. The van der Waals surface area contributed by atoms with Crippen LogP contribution in [0.15, 0.2) is 0 Å². The highest BCUT2D eigenvalue weighted by Gasteiger charge is 2.38. The molecule has 2 nitrogen and oxygen atoms in total. The third-order valence-corrected chi connectivity index (χ3v) is 3.48. The van der Waals surface area contributed by atoms with Gasteiger partial charge >= 0.3 is 0 Å². The van der Waals surface area contributed by atoms with E-state index in [1.54, 1.807) is 0 Å². The zero-order valence-corrected chi connectivity index (χ0v) is 9.44. The summed E-state index contributed by atoms with van der Waals surface area (Å²) in [6.45, 7) is 9.83. The summed E-state index contributed by atoms with van der Waals surface area (Å²) >= 11 is 0. The highest BCUT2D eigenvalue weighted by molar-refractivity contribution is 4.92. The second kappa shape index (κ2) is 3.97. The first kappa shape index (κ1) is 11.0. The largest absolute Gasteiger partial charge is 0.361 e. The van der Waals surface area contributed by atoms with Crippen LogP contribution in [0.3, 0.4) is 0 Å². The van der Waals surface area contributed by atoms with E-state index in [4.69, 9.17) is 4.74 Å². The minimum atomic E-state index is -0.0526. The van der Waals surface area contributed by atoms with Crippen molar-refractivity contribution >= 4 is 0 Å². The molecule has 1 atom stereocenters. The Morgan fingerprint density at radius 1 is 1.15 bits per heavy atom. The molecule has 0 amide bonds. The summed E-state index contributed by atoms with van der Waals surface area (Å²) in [6.07, 6.45) is 4.42. The average molecular weight is 185 g/mol. The van der Waals surface area contributed by atoms with E-state index in [1.165, 1.54) is 6.42 Å². The maximum absolute atomic E-state index is 5.85. The predicted octanol–water partition coefficient (Wildman–Crippen LogP) is 2.68. The molecule has 1 heterocycles. The summed E-state index contributed by atoms with van der Waals surface area (Å²) in [5.74, 6) is 0. The maximum Gasteiger partial charge on any atom is 0.119 e. The van der Waals surface area contributed by atoms with E-state index in [0.29, 0.717) is 0 Å². The third-order valence-electron chi connectivity index (χ3n) is 3.48. The molecule has 1 fully saturated rings.